The quantitative estimate of drug-likeness (QED) is 0.587. The van der Waals surface area contributed by atoms with Gasteiger partial charge in [0.15, 0.2) is 0 Å². The first-order valence-electron chi connectivity index (χ1n) is 12.3. The number of alkyl carbamates (subject to hydrolysis) is 1. The molecule has 3 aromatic rings. The van der Waals surface area contributed by atoms with Crippen molar-refractivity contribution in [2.24, 2.45) is 11.3 Å². The van der Waals surface area contributed by atoms with Crippen LogP contribution < -0.4 is 10.1 Å². The molecule has 0 radical (unpaired) electrons. The Balaban J connectivity index is 1.26. The maximum atomic E-state index is 13.0. The minimum atomic E-state index is -0.327. The number of fused-ring (bicyclic) bond motifs is 5. The summed E-state index contributed by atoms with van der Waals surface area (Å²) < 4.78 is 12.1. The van der Waals surface area contributed by atoms with Gasteiger partial charge in [0.2, 0.25) is 0 Å². The maximum Gasteiger partial charge on any atom is 0.407 e. The summed E-state index contributed by atoms with van der Waals surface area (Å²) in [6.07, 6.45) is 5.69. The standard InChI is InChI=1S/C28H31N3O3/c1-28(2)17-33-24-13-19(23-15-29-14-20-5-3-4-6-21(20)23)7-8-22(24)26(28)30-27(32)34-25-16-31-11-9-18(25)10-12-31/h3-8,13-15,18,25-26H,9-12,16-17H2,1-2H3,(H,30,32)/t25-,26?/m0/s1. The number of benzene rings is 2. The van der Waals surface area contributed by atoms with E-state index in [2.05, 4.69) is 59.4 Å². The van der Waals surface area contributed by atoms with Crippen LogP contribution in [0, 0.1) is 11.3 Å². The van der Waals surface area contributed by atoms with E-state index in [-0.39, 0.29) is 23.7 Å². The molecule has 6 nitrogen and oxygen atoms in total. The first-order valence-corrected chi connectivity index (χ1v) is 12.3. The largest absolute Gasteiger partial charge is 0.493 e. The predicted molar refractivity (Wildman–Crippen MR) is 132 cm³/mol. The van der Waals surface area contributed by atoms with Gasteiger partial charge in [-0.2, -0.15) is 0 Å². The number of piperidine rings is 3. The molecular formula is C28H31N3O3. The summed E-state index contributed by atoms with van der Waals surface area (Å²) in [7, 11) is 0. The van der Waals surface area contributed by atoms with Gasteiger partial charge in [0.1, 0.15) is 11.9 Å². The van der Waals surface area contributed by atoms with Crippen LogP contribution in [0.5, 0.6) is 5.75 Å². The highest BCUT2D eigenvalue weighted by atomic mass is 16.6. The molecule has 0 aliphatic carbocycles. The number of amides is 1. The van der Waals surface area contributed by atoms with E-state index in [9.17, 15) is 4.79 Å². The van der Waals surface area contributed by atoms with Crippen LogP contribution in [0.25, 0.3) is 21.9 Å². The molecule has 2 atom stereocenters. The molecule has 5 heterocycles. The maximum absolute atomic E-state index is 13.0. The number of nitrogens with one attached hydrogen (secondary N) is 1. The average Bonchev–Trinajstić information content (AvgIpc) is 2.86. The Hall–Kier alpha value is -3.12. The van der Waals surface area contributed by atoms with Crippen molar-refractivity contribution < 1.29 is 14.3 Å². The van der Waals surface area contributed by atoms with E-state index in [1.807, 2.05) is 24.5 Å². The third-order valence-corrected chi connectivity index (χ3v) is 7.80. The molecule has 3 saturated heterocycles. The van der Waals surface area contributed by atoms with Crippen LogP contribution in [0.4, 0.5) is 4.79 Å². The third-order valence-electron chi connectivity index (χ3n) is 7.80. The molecule has 3 fully saturated rings. The van der Waals surface area contributed by atoms with Crippen molar-refractivity contribution in [1.82, 2.24) is 15.2 Å². The SMILES string of the molecule is CC1(C)COc2cc(-c3cncc4ccccc34)ccc2C1NC(=O)O[C@H]1CN2CCC1CC2. The van der Waals surface area contributed by atoms with Crippen LogP contribution in [0.3, 0.4) is 0 Å². The van der Waals surface area contributed by atoms with Gasteiger partial charge in [0.25, 0.3) is 0 Å². The molecule has 1 aromatic heterocycles. The van der Waals surface area contributed by atoms with Gasteiger partial charge in [-0.15, -0.1) is 0 Å². The van der Waals surface area contributed by atoms with Gasteiger partial charge in [-0.25, -0.2) is 4.79 Å². The van der Waals surface area contributed by atoms with Crippen molar-refractivity contribution in [2.45, 2.75) is 38.8 Å². The zero-order valence-corrected chi connectivity index (χ0v) is 19.8. The van der Waals surface area contributed by atoms with E-state index in [1.165, 1.54) is 0 Å². The second-order valence-corrected chi connectivity index (χ2v) is 10.6. The monoisotopic (exact) mass is 457 g/mol. The lowest BCUT2D eigenvalue weighted by atomic mass is 9.78. The number of aromatic nitrogens is 1. The number of hydrogen-bond donors (Lipinski definition) is 1. The smallest absolute Gasteiger partial charge is 0.407 e. The number of rotatable bonds is 3. The van der Waals surface area contributed by atoms with Crippen molar-refractivity contribution in [3.8, 4) is 16.9 Å². The van der Waals surface area contributed by atoms with E-state index in [4.69, 9.17) is 9.47 Å². The molecule has 4 aliphatic rings. The molecule has 0 saturated carbocycles. The molecule has 0 spiro atoms. The topological polar surface area (TPSA) is 63.7 Å². The van der Waals surface area contributed by atoms with Crippen molar-refractivity contribution in [1.29, 1.82) is 0 Å². The highest BCUT2D eigenvalue weighted by Gasteiger charge is 2.41. The molecule has 2 aromatic carbocycles. The summed E-state index contributed by atoms with van der Waals surface area (Å²) in [4.78, 5) is 19.8. The molecule has 6 heteroatoms. The highest BCUT2D eigenvalue weighted by Crippen LogP contribution is 2.44. The molecule has 1 unspecified atom stereocenters. The van der Waals surface area contributed by atoms with Gasteiger partial charge in [-0.05, 0) is 48.9 Å². The van der Waals surface area contributed by atoms with Crippen LogP contribution in [-0.2, 0) is 4.74 Å². The van der Waals surface area contributed by atoms with Crippen molar-refractivity contribution in [3.05, 3.63) is 60.4 Å². The number of carbonyl (C=O) groups is 1. The van der Waals surface area contributed by atoms with Crippen molar-refractivity contribution >= 4 is 16.9 Å². The van der Waals surface area contributed by atoms with Crippen molar-refractivity contribution in [3.63, 3.8) is 0 Å². The molecule has 176 valence electrons. The van der Waals surface area contributed by atoms with Gasteiger partial charge < -0.3 is 14.8 Å². The molecule has 7 rings (SSSR count). The fourth-order valence-corrected chi connectivity index (χ4v) is 5.79. The van der Waals surface area contributed by atoms with Crippen LogP contribution in [0.15, 0.2) is 54.9 Å². The Morgan fingerprint density at radius 2 is 1.97 bits per heavy atom. The average molecular weight is 458 g/mol. The molecule has 1 amide bonds. The Morgan fingerprint density at radius 1 is 1.15 bits per heavy atom. The van der Waals surface area contributed by atoms with Gasteiger partial charge in [-0.1, -0.05) is 50.2 Å². The summed E-state index contributed by atoms with van der Waals surface area (Å²) in [6, 6.07) is 14.3. The molecule has 1 N–H and O–H groups in total. The number of ether oxygens (including phenoxy) is 2. The lowest BCUT2D eigenvalue weighted by Gasteiger charge is -2.44. The first kappa shape index (κ1) is 21.4. The van der Waals surface area contributed by atoms with E-state index in [1.54, 1.807) is 0 Å². The summed E-state index contributed by atoms with van der Waals surface area (Å²) >= 11 is 0. The zero-order chi connectivity index (χ0) is 23.3. The van der Waals surface area contributed by atoms with Gasteiger partial charge in [-0.3, -0.25) is 9.88 Å². The number of hydrogen-bond acceptors (Lipinski definition) is 5. The zero-order valence-electron chi connectivity index (χ0n) is 19.8. The Bertz CT molecular complexity index is 1230. The summed E-state index contributed by atoms with van der Waals surface area (Å²) in [5, 5.41) is 5.45. The number of pyridine rings is 1. The fourth-order valence-electron chi connectivity index (χ4n) is 5.79. The third kappa shape index (κ3) is 3.80. The minimum absolute atomic E-state index is 0.00818. The molecule has 4 aliphatic heterocycles. The second-order valence-electron chi connectivity index (χ2n) is 10.6. The first-order chi connectivity index (χ1) is 16.5. The molecular weight excluding hydrogens is 426 g/mol. The minimum Gasteiger partial charge on any atom is -0.493 e. The van der Waals surface area contributed by atoms with Crippen LogP contribution in [0.1, 0.15) is 38.3 Å². The molecule has 2 bridgehead atoms. The Labute approximate surface area is 200 Å². The lowest BCUT2D eigenvalue weighted by Crippen LogP contribution is -2.53. The number of carbonyl (C=O) groups excluding carboxylic acids is 1. The second kappa shape index (κ2) is 8.27. The van der Waals surface area contributed by atoms with E-state index >= 15 is 0 Å². The van der Waals surface area contributed by atoms with Gasteiger partial charge in [0.05, 0.1) is 12.6 Å². The van der Waals surface area contributed by atoms with Crippen molar-refractivity contribution in [2.75, 3.05) is 26.2 Å². The van der Waals surface area contributed by atoms with Crippen LogP contribution >= 0.6 is 0 Å². The van der Waals surface area contributed by atoms with Crippen LogP contribution in [0.2, 0.25) is 0 Å². The summed E-state index contributed by atoms with van der Waals surface area (Å²) in [5.41, 5.74) is 2.85. The van der Waals surface area contributed by atoms with E-state index < -0.39 is 0 Å². The fraction of sp³-hybridized carbons (Fsp3) is 0.429. The highest BCUT2D eigenvalue weighted by molar-refractivity contribution is 5.96. The van der Waals surface area contributed by atoms with Gasteiger partial charge in [0, 0.05) is 40.9 Å². The van der Waals surface area contributed by atoms with E-state index in [0.717, 1.165) is 65.7 Å². The molecule has 34 heavy (non-hydrogen) atoms. The lowest BCUT2D eigenvalue weighted by molar-refractivity contribution is -0.0361. The normalized spacial score (nSPS) is 27.0. The summed E-state index contributed by atoms with van der Waals surface area (Å²) in [5.74, 6) is 1.29. The van der Waals surface area contributed by atoms with Gasteiger partial charge >= 0.3 is 6.09 Å². The van der Waals surface area contributed by atoms with Crippen LogP contribution in [-0.4, -0.2) is 48.3 Å². The number of nitrogens with zero attached hydrogens (tertiary/aromatic N) is 2. The summed E-state index contributed by atoms with van der Waals surface area (Å²) in [6.45, 7) is 7.87. The predicted octanol–water partition coefficient (Wildman–Crippen LogP) is 5.18. The Morgan fingerprint density at radius 3 is 2.76 bits per heavy atom. The Kier molecular flexibility index (Phi) is 5.21. The van der Waals surface area contributed by atoms with E-state index in [0.29, 0.717) is 12.5 Å².